The van der Waals surface area contributed by atoms with Crippen molar-refractivity contribution in [2.75, 3.05) is 10.7 Å². The number of carboxylic acid groups (broad SMARTS) is 1. The van der Waals surface area contributed by atoms with E-state index in [4.69, 9.17) is 5.11 Å². The molecule has 0 atom stereocenters. The van der Waals surface area contributed by atoms with Crippen LogP contribution in [0, 0.1) is 0 Å². The molecular formula is C12H9NO3S3. The Hall–Kier alpha value is -1.31. The van der Waals surface area contributed by atoms with Gasteiger partial charge in [-0.15, -0.1) is 23.1 Å². The Balaban J connectivity index is 1.96. The molecule has 0 aliphatic carbocycles. The molecule has 0 spiro atoms. The molecule has 3 rings (SSSR count). The highest BCUT2D eigenvalue weighted by molar-refractivity contribution is 8.02. The molecule has 1 amide bonds. The summed E-state index contributed by atoms with van der Waals surface area (Å²) in [6.07, 6.45) is 0. The molecule has 0 aromatic carbocycles. The third kappa shape index (κ3) is 2.41. The van der Waals surface area contributed by atoms with Crippen molar-refractivity contribution in [2.45, 2.75) is 10.8 Å². The molecule has 1 aliphatic heterocycles. The number of thiophene rings is 2. The number of carbonyl (C=O) groups excluding carboxylic acids is 1. The number of amides is 1. The molecule has 0 saturated heterocycles. The predicted molar refractivity (Wildman–Crippen MR) is 77.5 cm³/mol. The summed E-state index contributed by atoms with van der Waals surface area (Å²) in [4.78, 5) is 25.0. The first kappa shape index (κ1) is 12.7. The topological polar surface area (TPSA) is 57.6 Å². The number of hydrogen-bond donors (Lipinski definition) is 1. The number of anilines is 1. The predicted octanol–water partition coefficient (Wildman–Crippen LogP) is 3.15. The highest BCUT2D eigenvalue weighted by Crippen LogP contribution is 2.42. The van der Waals surface area contributed by atoms with Gasteiger partial charge in [0.25, 0.3) is 0 Å². The lowest BCUT2D eigenvalue weighted by Gasteiger charge is -2.26. The van der Waals surface area contributed by atoms with Crippen LogP contribution in [0.5, 0.6) is 0 Å². The van der Waals surface area contributed by atoms with Crippen molar-refractivity contribution in [2.24, 2.45) is 0 Å². The van der Waals surface area contributed by atoms with E-state index in [1.54, 1.807) is 22.3 Å². The summed E-state index contributed by atoms with van der Waals surface area (Å²) in [5, 5.41) is 13.0. The fraction of sp³-hybridized carbons (Fsp3) is 0.167. The Morgan fingerprint density at radius 2 is 2.32 bits per heavy atom. The van der Waals surface area contributed by atoms with Crippen molar-refractivity contribution >= 4 is 52.0 Å². The van der Waals surface area contributed by atoms with Crippen LogP contribution < -0.4 is 4.90 Å². The lowest BCUT2D eigenvalue weighted by molar-refractivity contribution is -0.116. The summed E-state index contributed by atoms with van der Waals surface area (Å²) in [7, 11) is 0. The Morgan fingerprint density at radius 3 is 3.00 bits per heavy atom. The van der Waals surface area contributed by atoms with Crippen LogP contribution in [0.3, 0.4) is 0 Å². The molecule has 0 radical (unpaired) electrons. The molecule has 7 heteroatoms. The highest BCUT2D eigenvalue weighted by atomic mass is 32.2. The Labute approximate surface area is 121 Å². The molecule has 2 aromatic heterocycles. The number of fused-ring (bicyclic) bond motifs is 1. The standard InChI is InChI=1S/C12H9NO3S3/c14-10-6-18-12-8(3-9(19-12)11(15)16)13(10)4-7-1-2-17-5-7/h1-3,5H,4,6H2,(H,15,16). The van der Waals surface area contributed by atoms with Gasteiger partial charge in [-0.3, -0.25) is 4.79 Å². The van der Waals surface area contributed by atoms with Crippen molar-refractivity contribution in [3.63, 3.8) is 0 Å². The largest absolute Gasteiger partial charge is 0.477 e. The van der Waals surface area contributed by atoms with Gasteiger partial charge < -0.3 is 10.0 Å². The first-order valence-corrected chi connectivity index (χ1v) is 8.21. The van der Waals surface area contributed by atoms with Gasteiger partial charge in [0.1, 0.15) is 4.88 Å². The molecule has 19 heavy (non-hydrogen) atoms. The van der Waals surface area contributed by atoms with Crippen LogP contribution in [0.15, 0.2) is 27.1 Å². The zero-order chi connectivity index (χ0) is 13.4. The molecule has 4 nitrogen and oxygen atoms in total. The van der Waals surface area contributed by atoms with E-state index in [0.717, 1.165) is 15.5 Å². The number of nitrogens with zero attached hydrogens (tertiary/aromatic N) is 1. The zero-order valence-electron chi connectivity index (χ0n) is 9.66. The summed E-state index contributed by atoms with van der Waals surface area (Å²) in [6, 6.07) is 3.57. The van der Waals surface area contributed by atoms with Crippen LogP contribution in [0.25, 0.3) is 0 Å². The number of aromatic carboxylic acids is 1. The van der Waals surface area contributed by atoms with E-state index >= 15 is 0 Å². The lowest BCUT2D eigenvalue weighted by Crippen LogP contribution is -2.33. The molecule has 2 aromatic rings. The van der Waals surface area contributed by atoms with E-state index in [1.807, 2.05) is 16.8 Å². The summed E-state index contributed by atoms with van der Waals surface area (Å²) >= 11 is 4.24. The Kier molecular flexibility index (Phi) is 3.34. The van der Waals surface area contributed by atoms with Crippen molar-refractivity contribution in [1.82, 2.24) is 0 Å². The normalized spacial score (nSPS) is 14.5. The van der Waals surface area contributed by atoms with E-state index in [9.17, 15) is 9.59 Å². The zero-order valence-corrected chi connectivity index (χ0v) is 12.1. The van der Waals surface area contributed by atoms with Crippen LogP contribution in [0.2, 0.25) is 0 Å². The van der Waals surface area contributed by atoms with Gasteiger partial charge >= 0.3 is 5.97 Å². The van der Waals surface area contributed by atoms with E-state index in [1.165, 1.54) is 23.1 Å². The molecule has 0 saturated carbocycles. The van der Waals surface area contributed by atoms with Crippen LogP contribution in [0.1, 0.15) is 15.2 Å². The fourth-order valence-corrected chi connectivity index (χ4v) is 4.64. The van der Waals surface area contributed by atoms with Crippen LogP contribution in [-0.2, 0) is 11.3 Å². The van der Waals surface area contributed by atoms with Crippen LogP contribution >= 0.6 is 34.4 Å². The number of rotatable bonds is 3. The summed E-state index contributed by atoms with van der Waals surface area (Å²) in [5.74, 6) is -0.544. The maximum Gasteiger partial charge on any atom is 0.345 e. The first-order valence-electron chi connectivity index (χ1n) is 5.46. The second-order valence-electron chi connectivity index (χ2n) is 3.99. The van der Waals surface area contributed by atoms with Crippen molar-refractivity contribution < 1.29 is 14.7 Å². The average molecular weight is 311 g/mol. The minimum atomic E-state index is -0.942. The summed E-state index contributed by atoms with van der Waals surface area (Å²) in [5.41, 5.74) is 1.80. The van der Waals surface area contributed by atoms with Crippen molar-refractivity contribution in [1.29, 1.82) is 0 Å². The molecular weight excluding hydrogens is 302 g/mol. The molecule has 0 unspecified atom stereocenters. The third-order valence-electron chi connectivity index (χ3n) is 2.73. The highest BCUT2D eigenvalue weighted by Gasteiger charge is 2.28. The minimum absolute atomic E-state index is 0.0263. The quantitative estimate of drug-likeness (QED) is 0.946. The smallest absolute Gasteiger partial charge is 0.345 e. The van der Waals surface area contributed by atoms with Gasteiger partial charge in [0.15, 0.2) is 0 Å². The molecule has 0 fully saturated rings. The monoisotopic (exact) mass is 311 g/mol. The Bertz CT molecular complexity index is 633. The van der Waals surface area contributed by atoms with Crippen molar-refractivity contribution in [3.05, 3.63) is 33.3 Å². The number of carbonyl (C=O) groups is 2. The van der Waals surface area contributed by atoms with Crippen LogP contribution in [-0.4, -0.2) is 22.7 Å². The molecule has 1 aliphatic rings. The van der Waals surface area contributed by atoms with Gasteiger partial charge in [-0.1, -0.05) is 0 Å². The first-order chi connectivity index (χ1) is 9.15. The van der Waals surface area contributed by atoms with Crippen molar-refractivity contribution in [3.8, 4) is 0 Å². The van der Waals surface area contributed by atoms with Gasteiger partial charge in [0.05, 0.1) is 22.2 Å². The number of carboxylic acids is 1. The van der Waals surface area contributed by atoms with E-state index in [0.29, 0.717) is 12.3 Å². The second-order valence-corrected chi connectivity index (χ2v) is 7.06. The number of thioether (sulfide) groups is 1. The van der Waals surface area contributed by atoms with Gasteiger partial charge in [-0.25, -0.2) is 4.79 Å². The average Bonchev–Trinajstić information content (AvgIpc) is 3.01. The molecule has 98 valence electrons. The van der Waals surface area contributed by atoms with E-state index in [2.05, 4.69) is 0 Å². The second kappa shape index (κ2) is 4.99. The van der Waals surface area contributed by atoms with Gasteiger partial charge in [-0.2, -0.15) is 11.3 Å². The molecule has 0 bridgehead atoms. The van der Waals surface area contributed by atoms with Gasteiger partial charge in [-0.05, 0) is 28.5 Å². The maximum atomic E-state index is 12.0. The summed E-state index contributed by atoms with van der Waals surface area (Å²) in [6.45, 7) is 0.506. The minimum Gasteiger partial charge on any atom is -0.477 e. The molecule has 3 heterocycles. The van der Waals surface area contributed by atoms with E-state index < -0.39 is 5.97 Å². The maximum absolute atomic E-state index is 12.0. The molecule has 1 N–H and O–H groups in total. The summed E-state index contributed by atoms with van der Waals surface area (Å²) < 4.78 is 0.909. The lowest BCUT2D eigenvalue weighted by atomic mass is 10.3. The van der Waals surface area contributed by atoms with E-state index in [-0.39, 0.29) is 10.8 Å². The van der Waals surface area contributed by atoms with Crippen LogP contribution in [0.4, 0.5) is 5.69 Å². The fourth-order valence-electron chi connectivity index (χ4n) is 1.84. The Morgan fingerprint density at radius 1 is 1.47 bits per heavy atom. The SMILES string of the molecule is O=C(O)c1cc2c(s1)SCC(=O)N2Cc1ccsc1. The third-order valence-corrected chi connectivity index (χ3v) is 5.83. The van der Waals surface area contributed by atoms with Gasteiger partial charge in [0.2, 0.25) is 5.91 Å². The number of hydrogen-bond acceptors (Lipinski definition) is 5. The van der Waals surface area contributed by atoms with Gasteiger partial charge in [0, 0.05) is 0 Å².